The van der Waals surface area contributed by atoms with Crippen LogP contribution in [-0.2, 0) is 24.4 Å². The molecule has 4 rings (SSSR count). The van der Waals surface area contributed by atoms with Gasteiger partial charge >= 0.3 is 6.03 Å². The van der Waals surface area contributed by atoms with E-state index in [-0.39, 0.29) is 18.8 Å². The molecule has 190 valence electrons. The van der Waals surface area contributed by atoms with Crippen LogP contribution in [-0.4, -0.2) is 23.9 Å². The number of amides is 3. The van der Waals surface area contributed by atoms with E-state index in [0.29, 0.717) is 33.5 Å². The molecule has 6 nitrogen and oxygen atoms in total. The number of hydrogen-bond acceptors (Lipinski definition) is 4. The number of carbonyl (C=O) groups excluding carboxylic acids is 2. The Balaban J connectivity index is 1.59. The minimum atomic E-state index is -0.461. The quantitative estimate of drug-likeness (QED) is 0.187. The third-order valence-corrected chi connectivity index (χ3v) is 6.54. The summed E-state index contributed by atoms with van der Waals surface area (Å²) < 4.78 is 11.7. The van der Waals surface area contributed by atoms with E-state index in [1.54, 1.807) is 37.5 Å². The van der Waals surface area contributed by atoms with Crippen molar-refractivity contribution >= 4 is 41.2 Å². The number of rotatable bonds is 9. The smallest absolute Gasteiger partial charge is 0.329 e. The van der Waals surface area contributed by atoms with Gasteiger partial charge in [0.1, 0.15) is 12.3 Å². The Morgan fingerprint density at radius 3 is 2.54 bits per heavy atom. The summed E-state index contributed by atoms with van der Waals surface area (Å²) >= 11 is 12.1. The van der Waals surface area contributed by atoms with Gasteiger partial charge in [-0.2, -0.15) is 0 Å². The molecule has 0 saturated carbocycles. The molecule has 0 atom stereocenters. The van der Waals surface area contributed by atoms with Gasteiger partial charge in [0, 0.05) is 5.56 Å². The monoisotopic (exact) mass is 536 g/mol. The van der Waals surface area contributed by atoms with Crippen molar-refractivity contribution in [2.24, 2.45) is 0 Å². The fourth-order valence-electron chi connectivity index (χ4n) is 4.05. The summed E-state index contributed by atoms with van der Waals surface area (Å²) in [7, 11) is 1.54. The van der Waals surface area contributed by atoms with E-state index in [0.717, 1.165) is 22.3 Å². The van der Waals surface area contributed by atoms with E-state index in [1.165, 1.54) is 4.90 Å². The number of nitrogens with zero attached hydrogens (tertiary/aromatic N) is 1. The van der Waals surface area contributed by atoms with Gasteiger partial charge in [0.2, 0.25) is 0 Å². The topological polar surface area (TPSA) is 67.9 Å². The molecule has 3 aromatic carbocycles. The summed E-state index contributed by atoms with van der Waals surface area (Å²) in [5.74, 6) is 0.647. The lowest BCUT2D eigenvalue weighted by molar-refractivity contribution is -0.123. The molecular formula is C29H26Cl2N2O4. The minimum Gasteiger partial charge on any atom is -0.493 e. The lowest BCUT2D eigenvalue weighted by Crippen LogP contribution is -2.30. The van der Waals surface area contributed by atoms with Crippen molar-refractivity contribution in [1.29, 1.82) is 0 Å². The largest absolute Gasteiger partial charge is 0.493 e. The molecule has 0 unspecified atom stereocenters. The van der Waals surface area contributed by atoms with Crippen LogP contribution >= 0.6 is 23.2 Å². The van der Waals surface area contributed by atoms with E-state index < -0.39 is 11.9 Å². The number of halogens is 2. The summed E-state index contributed by atoms with van der Waals surface area (Å²) in [5, 5.41) is 3.60. The van der Waals surface area contributed by atoms with Crippen LogP contribution < -0.4 is 14.8 Å². The Bertz CT molecular complexity index is 1400. The Morgan fingerprint density at radius 1 is 1.03 bits per heavy atom. The highest BCUT2D eigenvalue weighted by Crippen LogP contribution is 2.35. The predicted octanol–water partition coefficient (Wildman–Crippen LogP) is 6.71. The molecule has 1 fully saturated rings. The Morgan fingerprint density at radius 2 is 1.84 bits per heavy atom. The van der Waals surface area contributed by atoms with Gasteiger partial charge in [-0.05, 0) is 60.4 Å². The Hall–Kier alpha value is -3.74. The van der Waals surface area contributed by atoms with E-state index in [4.69, 9.17) is 32.7 Å². The van der Waals surface area contributed by atoms with Crippen LogP contribution in [0.5, 0.6) is 11.5 Å². The zero-order chi connectivity index (χ0) is 26.5. The van der Waals surface area contributed by atoms with E-state index in [1.807, 2.05) is 43.3 Å². The lowest BCUT2D eigenvalue weighted by atomic mass is 10.0. The number of allylic oxidation sites excluding steroid dienone is 1. The Labute approximate surface area is 226 Å². The minimum absolute atomic E-state index is 0.189. The van der Waals surface area contributed by atoms with E-state index >= 15 is 0 Å². The average molecular weight is 537 g/mol. The van der Waals surface area contributed by atoms with Gasteiger partial charge < -0.3 is 14.8 Å². The van der Waals surface area contributed by atoms with Crippen molar-refractivity contribution in [2.75, 3.05) is 7.11 Å². The van der Waals surface area contributed by atoms with E-state index in [9.17, 15) is 9.59 Å². The molecule has 1 aliphatic rings. The Kier molecular flexibility index (Phi) is 8.21. The number of methoxy groups -OCH3 is 1. The highest BCUT2D eigenvalue weighted by molar-refractivity contribution is 6.42. The van der Waals surface area contributed by atoms with Crippen LogP contribution in [0.2, 0.25) is 10.0 Å². The third-order valence-electron chi connectivity index (χ3n) is 5.80. The summed E-state index contributed by atoms with van der Waals surface area (Å²) in [6.45, 7) is 6.25. The summed E-state index contributed by atoms with van der Waals surface area (Å²) in [6.07, 6.45) is 3.89. The third kappa shape index (κ3) is 6.16. The number of imide groups is 1. The maximum Gasteiger partial charge on any atom is 0.329 e. The van der Waals surface area contributed by atoms with Crippen LogP contribution in [0.4, 0.5) is 4.79 Å². The van der Waals surface area contributed by atoms with Crippen LogP contribution in [0.1, 0.15) is 27.8 Å². The van der Waals surface area contributed by atoms with Gasteiger partial charge in [-0.25, -0.2) is 4.79 Å². The molecule has 1 N–H and O–H groups in total. The standard InChI is InChI=1S/C29H26Cl2N2O4/c1-4-6-22-12-21(15-26(36-3)27(22)37-17-20-9-10-23(30)24(31)13-20)14-25-28(34)33(29(35)32-25)16-19-8-5-7-18(2)11-19/h4-5,7-15H,1,6,16-17H2,2-3H3,(H,32,35)/b25-14+. The molecule has 3 aromatic rings. The SMILES string of the molecule is C=CCc1cc(/C=C2/NC(=O)N(Cc3cccc(C)c3)C2=O)cc(OC)c1OCc1ccc(Cl)c(Cl)c1. The van der Waals surface area contributed by atoms with Crippen molar-refractivity contribution in [1.82, 2.24) is 10.2 Å². The number of urea groups is 1. The molecule has 8 heteroatoms. The molecule has 1 aliphatic heterocycles. The lowest BCUT2D eigenvalue weighted by Gasteiger charge is -2.16. The average Bonchev–Trinajstić information content (AvgIpc) is 3.12. The molecule has 0 aliphatic carbocycles. The first-order valence-electron chi connectivity index (χ1n) is 11.6. The molecule has 3 amide bonds. The number of nitrogens with one attached hydrogen (secondary N) is 1. The number of benzene rings is 3. The predicted molar refractivity (Wildman–Crippen MR) is 146 cm³/mol. The van der Waals surface area contributed by atoms with Gasteiger partial charge in [-0.15, -0.1) is 6.58 Å². The van der Waals surface area contributed by atoms with E-state index in [2.05, 4.69) is 11.9 Å². The molecule has 0 spiro atoms. The van der Waals surface area contributed by atoms with Crippen LogP contribution in [0.25, 0.3) is 6.08 Å². The first-order valence-corrected chi connectivity index (χ1v) is 12.3. The highest BCUT2D eigenvalue weighted by Gasteiger charge is 2.33. The van der Waals surface area contributed by atoms with Gasteiger partial charge in [0.05, 0.1) is 23.7 Å². The fraction of sp³-hybridized carbons (Fsp3) is 0.172. The van der Waals surface area contributed by atoms with Crippen molar-refractivity contribution in [3.05, 3.63) is 111 Å². The number of carbonyl (C=O) groups is 2. The summed E-state index contributed by atoms with van der Waals surface area (Å²) in [5.41, 5.74) is 4.46. The molecule has 0 radical (unpaired) electrons. The van der Waals surface area contributed by atoms with Crippen LogP contribution in [0.3, 0.4) is 0 Å². The zero-order valence-corrected chi connectivity index (χ0v) is 22.0. The second kappa shape index (κ2) is 11.5. The molecule has 1 heterocycles. The first kappa shape index (κ1) is 26.3. The normalized spacial score (nSPS) is 14.2. The van der Waals surface area contributed by atoms with Crippen molar-refractivity contribution < 1.29 is 19.1 Å². The van der Waals surface area contributed by atoms with Crippen molar-refractivity contribution in [3.63, 3.8) is 0 Å². The van der Waals surface area contributed by atoms with Gasteiger partial charge in [-0.1, -0.05) is 65.2 Å². The van der Waals surface area contributed by atoms with Crippen LogP contribution in [0, 0.1) is 6.92 Å². The highest BCUT2D eigenvalue weighted by atomic mass is 35.5. The van der Waals surface area contributed by atoms with Gasteiger partial charge in [0.15, 0.2) is 11.5 Å². The second-order valence-corrected chi connectivity index (χ2v) is 9.42. The second-order valence-electron chi connectivity index (χ2n) is 8.61. The van der Waals surface area contributed by atoms with Crippen LogP contribution in [0.15, 0.2) is 72.9 Å². The number of hydrogen-bond donors (Lipinski definition) is 1. The number of aryl methyl sites for hydroxylation is 1. The molecule has 37 heavy (non-hydrogen) atoms. The number of ether oxygens (including phenoxy) is 2. The molecule has 0 bridgehead atoms. The molecule has 1 saturated heterocycles. The van der Waals surface area contributed by atoms with Gasteiger partial charge in [-0.3, -0.25) is 9.69 Å². The maximum absolute atomic E-state index is 13.0. The van der Waals surface area contributed by atoms with Gasteiger partial charge in [0.25, 0.3) is 5.91 Å². The van der Waals surface area contributed by atoms with Crippen molar-refractivity contribution in [2.45, 2.75) is 26.5 Å². The summed E-state index contributed by atoms with van der Waals surface area (Å²) in [4.78, 5) is 26.8. The first-order chi connectivity index (χ1) is 17.8. The zero-order valence-electron chi connectivity index (χ0n) is 20.5. The fourth-order valence-corrected chi connectivity index (χ4v) is 4.37. The summed E-state index contributed by atoms with van der Waals surface area (Å²) in [6, 6.07) is 16.2. The molecular weight excluding hydrogens is 511 g/mol. The molecule has 0 aromatic heterocycles. The van der Waals surface area contributed by atoms with Crippen molar-refractivity contribution in [3.8, 4) is 11.5 Å². The maximum atomic E-state index is 13.0.